The van der Waals surface area contributed by atoms with Gasteiger partial charge in [-0.2, -0.15) is 5.01 Å². The van der Waals surface area contributed by atoms with Crippen LogP contribution in [0.4, 0.5) is 0 Å². The first-order valence-electron chi connectivity index (χ1n) is 11.0. The first kappa shape index (κ1) is 25.9. The maximum atomic E-state index is 13.0. The average Bonchev–Trinajstić information content (AvgIpc) is 3.11. The minimum atomic E-state index is -0.401. The fourth-order valence-corrected chi connectivity index (χ4v) is 5.26. The molecule has 0 unspecified atom stereocenters. The van der Waals surface area contributed by atoms with Gasteiger partial charge in [-0.15, -0.1) is 0 Å². The first-order valence-corrected chi connectivity index (χ1v) is 13.0. The largest absolute Gasteiger partial charge is 0.493 e. The van der Waals surface area contributed by atoms with Crippen molar-refractivity contribution in [3.05, 3.63) is 97.9 Å². The molecule has 0 saturated carbocycles. The number of nitrogens with one attached hydrogen (secondary N) is 1. The molecule has 6 nitrogen and oxygen atoms in total. The average molecular weight is 584 g/mol. The van der Waals surface area contributed by atoms with Gasteiger partial charge in [-0.25, -0.2) is 0 Å². The van der Waals surface area contributed by atoms with Crippen molar-refractivity contribution in [2.45, 2.75) is 20.5 Å². The molecule has 0 aliphatic carbocycles. The Morgan fingerprint density at radius 2 is 1.86 bits per heavy atom. The highest BCUT2D eigenvalue weighted by Crippen LogP contribution is 2.39. The van der Waals surface area contributed by atoms with Crippen LogP contribution in [-0.4, -0.2) is 28.3 Å². The summed E-state index contributed by atoms with van der Waals surface area (Å²) in [5.41, 5.74) is 6.83. The summed E-state index contributed by atoms with van der Waals surface area (Å²) in [7, 11) is 1.56. The quantitative estimate of drug-likeness (QED) is 0.264. The molecule has 3 aromatic carbocycles. The molecule has 9 heteroatoms. The highest BCUT2D eigenvalue weighted by atomic mass is 79.9. The van der Waals surface area contributed by atoms with Gasteiger partial charge in [0, 0.05) is 5.56 Å². The number of aryl methyl sites for hydroxylation is 2. The Balaban J connectivity index is 1.51. The van der Waals surface area contributed by atoms with Crippen LogP contribution in [0.5, 0.6) is 11.5 Å². The SMILES string of the molecule is COc1cc(/C=C2\SC(=S)N(NC(=O)c3ccccc3C)C2=O)cc(Br)c1OCc1ccc(C)cc1. The van der Waals surface area contributed by atoms with Crippen LogP contribution in [0.2, 0.25) is 0 Å². The number of hydrogen-bond donors (Lipinski definition) is 1. The lowest BCUT2D eigenvalue weighted by Gasteiger charge is -2.16. The number of carbonyl (C=O) groups excluding carboxylic acids is 2. The molecule has 36 heavy (non-hydrogen) atoms. The highest BCUT2D eigenvalue weighted by Gasteiger charge is 2.34. The molecule has 1 saturated heterocycles. The van der Waals surface area contributed by atoms with Crippen molar-refractivity contribution in [1.82, 2.24) is 10.4 Å². The van der Waals surface area contributed by atoms with E-state index < -0.39 is 11.8 Å². The third-order valence-electron chi connectivity index (χ3n) is 5.45. The summed E-state index contributed by atoms with van der Waals surface area (Å²) in [6.07, 6.45) is 1.70. The zero-order valence-corrected chi connectivity index (χ0v) is 23.1. The molecule has 1 fully saturated rings. The first-order chi connectivity index (χ1) is 17.3. The van der Waals surface area contributed by atoms with E-state index in [9.17, 15) is 9.59 Å². The van der Waals surface area contributed by atoms with E-state index in [-0.39, 0.29) is 4.32 Å². The summed E-state index contributed by atoms with van der Waals surface area (Å²) >= 11 is 10.0. The number of rotatable bonds is 7. The van der Waals surface area contributed by atoms with Crippen molar-refractivity contribution in [3.63, 3.8) is 0 Å². The minimum absolute atomic E-state index is 0.247. The van der Waals surface area contributed by atoms with E-state index in [0.717, 1.165) is 27.9 Å². The molecule has 0 atom stereocenters. The predicted octanol–water partition coefficient (Wildman–Crippen LogP) is 6.20. The Labute approximate surface area is 227 Å². The van der Waals surface area contributed by atoms with E-state index >= 15 is 0 Å². The van der Waals surface area contributed by atoms with Gasteiger partial charge in [-0.1, -0.05) is 59.8 Å². The van der Waals surface area contributed by atoms with Gasteiger partial charge in [0.2, 0.25) is 0 Å². The van der Waals surface area contributed by atoms with Gasteiger partial charge in [0.1, 0.15) is 6.61 Å². The molecule has 1 heterocycles. The van der Waals surface area contributed by atoms with Crippen LogP contribution in [0.25, 0.3) is 6.08 Å². The molecule has 0 aromatic heterocycles. The number of halogens is 1. The van der Waals surface area contributed by atoms with Crippen molar-refractivity contribution in [1.29, 1.82) is 0 Å². The number of hydrazine groups is 1. The molecule has 1 aliphatic rings. The van der Waals surface area contributed by atoms with Gasteiger partial charge < -0.3 is 9.47 Å². The smallest absolute Gasteiger partial charge is 0.285 e. The van der Waals surface area contributed by atoms with Crippen molar-refractivity contribution < 1.29 is 19.1 Å². The summed E-state index contributed by atoms with van der Waals surface area (Å²) in [4.78, 5) is 26.1. The van der Waals surface area contributed by atoms with Crippen molar-refractivity contribution in [3.8, 4) is 11.5 Å². The molecule has 1 N–H and O–H groups in total. The second kappa shape index (κ2) is 11.3. The number of thiocarbonyl (C=S) groups is 1. The summed E-state index contributed by atoms with van der Waals surface area (Å²) in [6, 6.07) is 18.9. The van der Waals surface area contributed by atoms with Crippen molar-refractivity contribution in [2.24, 2.45) is 0 Å². The van der Waals surface area contributed by atoms with Crippen LogP contribution in [0.15, 0.2) is 70.0 Å². The Morgan fingerprint density at radius 3 is 2.56 bits per heavy atom. The number of nitrogens with zero attached hydrogens (tertiary/aromatic N) is 1. The Hall–Kier alpha value is -3.14. The lowest BCUT2D eigenvalue weighted by Crippen LogP contribution is -2.45. The van der Waals surface area contributed by atoms with E-state index in [0.29, 0.717) is 38.6 Å². The van der Waals surface area contributed by atoms with E-state index in [4.69, 9.17) is 21.7 Å². The number of ether oxygens (including phenoxy) is 2. The zero-order chi connectivity index (χ0) is 25.8. The second-order valence-electron chi connectivity index (χ2n) is 8.08. The number of amides is 2. The number of thioether (sulfide) groups is 1. The van der Waals surface area contributed by atoms with E-state index in [1.54, 1.807) is 31.4 Å². The lowest BCUT2D eigenvalue weighted by molar-refractivity contribution is -0.123. The minimum Gasteiger partial charge on any atom is -0.493 e. The third kappa shape index (κ3) is 5.80. The Kier molecular flexibility index (Phi) is 8.13. The molecule has 0 bridgehead atoms. The van der Waals surface area contributed by atoms with Crippen LogP contribution in [0.3, 0.4) is 0 Å². The number of hydrogen-bond acceptors (Lipinski definition) is 6. The lowest BCUT2D eigenvalue weighted by atomic mass is 10.1. The predicted molar refractivity (Wildman–Crippen MR) is 150 cm³/mol. The molecule has 3 aromatic rings. The van der Waals surface area contributed by atoms with Crippen LogP contribution in [-0.2, 0) is 11.4 Å². The molecule has 0 spiro atoms. The summed E-state index contributed by atoms with van der Waals surface area (Å²) in [6.45, 7) is 4.25. The topological polar surface area (TPSA) is 67.9 Å². The molecule has 0 radical (unpaired) electrons. The second-order valence-corrected chi connectivity index (χ2v) is 10.6. The van der Waals surface area contributed by atoms with Gasteiger partial charge in [-0.3, -0.25) is 15.0 Å². The van der Waals surface area contributed by atoms with Crippen LogP contribution >= 0.6 is 39.9 Å². The van der Waals surface area contributed by atoms with Gasteiger partial charge in [0.15, 0.2) is 15.8 Å². The van der Waals surface area contributed by atoms with E-state index in [1.165, 1.54) is 5.56 Å². The zero-order valence-electron chi connectivity index (χ0n) is 19.8. The van der Waals surface area contributed by atoms with Crippen LogP contribution in [0, 0.1) is 13.8 Å². The third-order valence-corrected chi connectivity index (χ3v) is 7.34. The van der Waals surface area contributed by atoms with Gasteiger partial charge in [0.05, 0.1) is 16.5 Å². The highest BCUT2D eigenvalue weighted by molar-refractivity contribution is 9.10. The standard InChI is InChI=1S/C27H23BrN2O4S2/c1-16-8-10-18(11-9-16)15-34-24-21(28)12-19(13-22(24)33-3)14-23-26(32)30(27(35)36-23)29-25(31)20-7-5-4-6-17(20)2/h4-14H,15H2,1-3H3,(H,29,31)/b23-14-. The summed E-state index contributed by atoms with van der Waals surface area (Å²) < 4.78 is 12.5. The number of benzene rings is 3. The van der Waals surface area contributed by atoms with Gasteiger partial charge in [0.25, 0.3) is 11.8 Å². The fraction of sp³-hybridized carbons (Fsp3) is 0.148. The van der Waals surface area contributed by atoms with Gasteiger partial charge in [-0.05, 0) is 83.0 Å². The number of methoxy groups -OCH3 is 1. The maximum absolute atomic E-state index is 13.0. The van der Waals surface area contributed by atoms with Gasteiger partial charge >= 0.3 is 0 Å². The Morgan fingerprint density at radius 1 is 1.14 bits per heavy atom. The van der Waals surface area contributed by atoms with Crippen molar-refractivity contribution in [2.75, 3.05) is 7.11 Å². The molecule has 184 valence electrons. The molecule has 2 amide bonds. The normalized spacial score (nSPS) is 14.3. The molecular formula is C27H23BrN2O4S2. The summed E-state index contributed by atoms with van der Waals surface area (Å²) in [5.74, 6) is 0.284. The number of carbonyl (C=O) groups is 2. The molecule has 1 aliphatic heterocycles. The van der Waals surface area contributed by atoms with E-state index in [2.05, 4.69) is 21.4 Å². The van der Waals surface area contributed by atoms with Crippen molar-refractivity contribution >= 4 is 62.1 Å². The monoisotopic (exact) mass is 582 g/mol. The van der Waals surface area contributed by atoms with Crippen LogP contribution < -0.4 is 14.9 Å². The maximum Gasteiger partial charge on any atom is 0.285 e. The Bertz CT molecular complexity index is 1370. The van der Waals surface area contributed by atoms with Crippen LogP contribution in [0.1, 0.15) is 32.6 Å². The molecular weight excluding hydrogens is 560 g/mol. The van der Waals surface area contributed by atoms with E-state index in [1.807, 2.05) is 56.3 Å². The fourth-order valence-electron chi connectivity index (χ4n) is 3.51. The summed E-state index contributed by atoms with van der Waals surface area (Å²) in [5, 5.41) is 1.10. The molecule has 4 rings (SSSR count).